The first-order valence-electron chi connectivity index (χ1n) is 19.2. The van der Waals surface area contributed by atoms with Gasteiger partial charge in [-0.05, 0) is 158 Å². The molecular formula is C53H34N2S. The lowest BCUT2D eigenvalue weighted by Crippen LogP contribution is -2.11. The summed E-state index contributed by atoms with van der Waals surface area (Å²) in [5.41, 5.74) is 16.1. The Balaban J connectivity index is 0.981. The van der Waals surface area contributed by atoms with Crippen LogP contribution in [0.4, 0.5) is 17.1 Å². The summed E-state index contributed by atoms with van der Waals surface area (Å²) in [7, 11) is 0. The van der Waals surface area contributed by atoms with Crippen LogP contribution in [0.3, 0.4) is 0 Å². The van der Waals surface area contributed by atoms with Gasteiger partial charge in [0, 0.05) is 38.1 Å². The average Bonchev–Trinajstić information content (AvgIpc) is 3.85. The zero-order chi connectivity index (χ0) is 36.9. The molecule has 0 spiro atoms. The summed E-state index contributed by atoms with van der Waals surface area (Å²) in [6.07, 6.45) is 0. The molecule has 11 aromatic rings. The summed E-state index contributed by atoms with van der Waals surface area (Å²) in [6, 6.07) is 67.6. The van der Waals surface area contributed by atoms with Crippen molar-refractivity contribution < 1.29 is 0 Å². The Hall–Kier alpha value is -6.94. The van der Waals surface area contributed by atoms with Crippen molar-refractivity contribution >= 4 is 81.8 Å². The van der Waals surface area contributed by atoms with Crippen molar-refractivity contribution in [3.8, 4) is 39.1 Å². The molecule has 2 aromatic heterocycles. The van der Waals surface area contributed by atoms with E-state index in [4.69, 9.17) is 0 Å². The van der Waals surface area contributed by atoms with Gasteiger partial charge in [0.15, 0.2) is 0 Å². The van der Waals surface area contributed by atoms with E-state index in [0.717, 1.165) is 11.4 Å². The molecule has 12 rings (SSSR count). The number of hydrogen-bond acceptors (Lipinski definition) is 2. The van der Waals surface area contributed by atoms with Gasteiger partial charge in [0.2, 0.25) is 0 Å². The maximum atomic E-state index is 2.44. The fraction of sp³-hybridized carbons (Fsp3) is 0.0189. The van der Waals surface area contributed by atoms with Crippen LogP contribution < -0.4 is 4.90 Å². The molecule has 2 nitrogen and oxygen atoms in total. The largest absolute Gasteiger partial charge is 0.310 e. The molecular weight excluding hydrogens is 697 g/mol. The van der Waals surface area contributed by atoms with Crippen LogP contribution in [-0.2, 0) is 0 Å². The number of aromatic nitrogens is 1. The van der Waals surface area contributed by atoms with Gasteiger partial charge in [0.1, 0.15) is 0 Å². The Labute approximate surface area is 328 Å². The van der Waals surface area contributed by atoms with Crippen LogP contribution in [-0.4, -0.2) is 4.57 Å². The molecule has 0 fully saturated rings. The highest BCUT2D eigenvalue weighted by atomic mass is 32.1. The lowest BCUT2D eigenvalue weighted by molar-refractivity contribution is 1.19. The summed E-state index contributed by atoms with van der Waals surface area (Å²) in [6.45, 7) is 2.15. The van der Waals surface area contributed by atoms with Crippen molar-refractivity contribution in [3.05, 3.63) is 193 Å². The fourth-order valence-electron chi connectivity index (χ4n) is 9.03. The molecule has 262 valence electrons. The summed E-state index contributed by atoms with van der Waals surface area (Å²) in [5.74, 6) is 0. The minimum absolute atomic E-state index is 1.14. The number of hydrogen-bond donors (Lipinski definition) is 0. The van der Waals surface area contributed by atoms with Gasteiger partial charge in [-0.1, -0.05) is 96.6 Å². The van der Waals surface area contributed by atoms with Gasteiger partial charge in [0.05, 0.1) is 16.7 Å². The van der Waals surface area contributed by atoms with Crippen LogP contribution in [0.25, 0.3) is 92.5 Å². The zero-order valence-corrected chi connectivity index (χ0v) is 31.5. The van der Waals surface area contributed by atoms with Crippen LogP contribution in [0, 0.1) is 6.92 Å². The third-order valence-corrected chi connectivity index (χ3v) is 12.7. The van der Waals surface area contributed by atoms with E-state index in [-0.39, 0.29) is 0 Å². The molecule has 0 saturated carbocycles. The van der Waals surface area contributed by atoms with Crippen molar-refractivity contribution in [3.63, 3.8) is 0 Å². The number of rotatable bonds is 5. The van der Waals surface area contributed by atoms with Gasteiger partial charge in [-0.2, -0.15) is 0 Å². The van der Waals surface area contributed by atoms with Crippen molar-refractivity contribution in [2.75, 3.05) is 4.90 Å². The molecule has 1 aliphatic rings. The third kappa shape index (κ3) is 4.74. The lowest BCUT2D eigenvalue weighted by atomic mass is 9.78. The molecule has 0 atom stereocenters. The van der Waals surface area contributed by atoms with Gasteiger partial charge in [-0.25, -0.2) is 0 Å². The first-order valence-corrected chi connectivity index (χ1v) is 20.1. The second kappa shape index (κ2) is 12.0. The van der Waals surface area contributed by atoms with E-state index in [9.17, 15) is 0 Å². The predicted molar refractivity (Wildman–Crippen MR) is 240 cm³/mol. The molecule has 0 bridgehead atoms. The topological polar surface area (TPSA) is 8.17 Å². The molecule has 0 amide bonds. The Kier molecular flexibility index (Phi) is 6.75. The second-order valence-corrected chi connectivity index (χ2v) is 16.0. The molecule has 0 saturated heterocycles. The van der Waals surface area contributed by atoms with Crippen LogP contribution in [0.15, 0.2) is 187 Å². The zero-order valence-electron chi connectivity index (χ0n) is 30.7. The molecule has 0 aliphatic heterocycles. The number of aryl methyl sites for hydroxylation is 1. The number of thiophene rings is 1. The lowest BCUT2D eigenvalue weighted by Gasteiger charge is -2.29. The van der Waals surface area contributed by atoms with Gasteiger partial charge in [-0.15, -0.1) is 11.3 Å². The fourth-order valence-corrected chi connectivity index (χ4v) is 9.84. The number of para-hydroxylation sites is 2. The van der Waals surface area contributed by atoms with E-state index in [2.05, 4.69) is 204 Å². The van der Waals surface area contributed by atoms with Gasteiger partial charge in [-0.3, -0.25) is 0 Å². The molecule has 2 heterocycles. The SMILES string of the molecule is Cc1ccc(N(c2ccc3cc4c(cc3c2)-c2cc3ccc(-n5c6ccccc6c6ccccc65)cc3cc2-4)c2cc3sccc3cc2-c2ccccc2)cc1. The number of benzene rings is 9. The van der Waals surface area contributed by atoms with Crippen molar-refractivity contribution in [1.29, 1.82) is 0 Å². The van der Waals surface area contributed by atoms with Gasteiger partial charge in [0.25, 0.3) is 0 Å². The monoisotopic (exact) mass is 730 g/mol. The molecule has 56 heavy (non-hydrogen) atoms. The normalized spacial score (nSPS) is 12.0. The Morgan fingerprint density at radius 1 is 0.429 bits per heavy atom. The van der Waals surface area contributed by atoms with Crippen molar-refractivity contribution in [2.45, 2.75) is 6.92 Å². The Morgan fingerprint density at radius 2 is 1.00 bits per heavy atom. The summed E-state index contributed by atoms with van der Waals surface area (Å²) >= 11 is 1.80. The molecule has 0 unspecified atom stereocenters. The molecule has 0 N–H and O–H groups in total. The quantitative estimate of drug-likeness (QED) is 0.171. The standard InChI is InChI=1S/C53H34N2S/c1-33-15-19-40(20-16-33)54(52-32-53-37(23-24-56-53)29-45(52)34-9-3-2-4-10-34)41-21-17-35-27-46-48(30-38(35)25-41)47-28-36-18-22-42(26-39(36)31-49(46)47)55-50-13-7-5-11-43(50)44-12-6-8-14-51(44)55/h2-32H,1H3. The first kappa shape index (κ1) is 31.4. The van der Waals surface area contributed by atoms with E-state index in [1.807, 2.05) is 0 Å². The van der Waals surface area contributed by atoms with Crippen molar-refractivity contribution in [1.82, 2.24) is 4.57 Å². The van der Waals surface area contributed by atoms with Crippen molar-refractivity contribution in [2.24, 2.45) is 0 Å². The van der Waals surface area contributed by atoms with E-state index in [1.54, 1.807) is 11.3 Å². The average molecular weight is 731 g/mol. The Morgan fingerprint density at radius 3 is 1.70 bits per heavy atom. The summed E-state index contributed by atoms with van der Waals surface area (Å²) in [4.78, 5) is 2.44. The second-order valence-electron chi connectivity index (χ2n) is 15.1. The molecule has 1 aliphatic carbocycles. The van der Waals surface area contributed by atoms with Crippen LogP contribution >= 0.6 is 11.3 Å². The third-order valence-electron chi connectivity index (χ3n) is 11.8. The van der Waals surface area contributed by atoms with Gasteiger partial charge >= 0.3 is 0 Å². The summed E-state index contributed by atoms with van der Waals surface area (Å²) in [5, 5.41) is 11.0. The van der Waals surface area contributed by atoms with Crippen LogP contribution in [0.2, 0.25) is 0 Å². The molecule has 3 heteroatoms. The minimum atomic E-state index is 1.14. The highest BCUT2D eigenvalue weighted by Gasteiger charge is 2.25. The molecule has 9 aromatic carbocycles. The van der Waals surface area contributed by atoms with E-state index < -0.39 is 0 Å². The number of anilines is 3. The van der Waals surface area contributed by atoms with E-state index in [1.165, 1.54) is 104 Å². The van der Waals surface area contributed by atoms with Crippen LogP contribution in [0.5, 0.6) is 0 Å². The highest BCUT2D eigenvalue weighted by Crippen LogP contribution is 2.51. The highest BCUT2D eigenvalue weighted by molar-refractivity contribution is 7.17. The van der Waals surface area contributed by atoms with E-state index >= 15 is 0 Å². The first-order chi connectivity index (χ1) is 27.6. The smallest absolute Gasteiger partial charge is 0.0554 e. The molecule has 0 radical (unpaired) electrons. The van der Waals surface area contributed by atoms with Crippen LogP contribution in [0.1, 0.15) is 5.56 Å². The number of fused-ring (bicyclic) bond motifs is 10. The van der Waals surface area contributed by atoms with Gasteiger partial charge < -0.3 is 9.47 Å². The number of nitrogens with zero attached hydrogens (tertiary/aromatic N) is 2. The summed E-state index contributed by atoms with van der Waals surface area (Å²) < 4.78 is 3.69. The maximum Gasteiger partial charge on any atom is 0.0554 e. The minimum Gasteiger partial charge on any atom is -0.310 e. The Bertz CT molecular complexity index is 3320. The van der Waals surface area contributed by atoms with E-state index in [0.29, 0.717) is 0 Å². The predicted octanol–water partition coefficient (Wildman–Crippen LogP) is 15.4. The maximum absolute atomic E-state index is 2.44.